The topological polar surface area (TPSA) is 71.0 Å². The molecule has 6 nitrogen and oxygen atoms in total. The van der Waals surface area contributed by atoms with Crippen LogP contribution in [0.3, 0.4) is 0 Å². The number of thioether (sulfide) groups is 1. The second-order valence-electron chi connectivity index (χ2n) is 6.08. The Morgan fingerprint density at radius 1 is 1.32 bits per heavy atom. The first-order valence-electron chi connectivity index (χ1n) is 8.77. The Kier molecular flexibility index (Phi) is 6.59. The number of nitrogens with one attached hydrogen (secondary N) is 1. The van der Waals surface area contributed by atoms with Crippen LogP contribution in [0, 0.1) is 0 Å². The van der Waals surface area contributed by atoms with Crippen molar-refractivity contribution in [2.24, 2.45) is 4.99 Å². The first kappa shape index (κ1) is 20.2. The van der Waals surface area contributed by atoms with Crippen molar-refractivity contribution in [3.8, 4) is 5.75 Å². The molecule has 0 bridgehead atoms. The van der Waals surface area contributed by atoms with E-state index in [0.717, 1.165) is 0 Å². The highest BCUT2D eigenvalue weighted by Crippen LogP contribution is 2.29. The summed E-state index contributed by atoms with van der Waals surface area (Å²) in [4.78, 5) is 31.0. The number of anilines is 1. The lowest BCUT2D eigenvalue weighted by Crippen LogP contribution is -2.43. The molecule has 1 aliphatic rings. The quantitative estimate of drug-likeness (QED) is 0.786. The maximum atomic E-state index is 12.7. The predicted molar refractivity (Wildman–Crippen MR) is 114 cm³/mol. The lowest BCUT2D eigenvalue weighted by Gasteiger charge is -2.28. The van der Waals surface area contributed by atoms with Crippen LogP contribution in [0.15, 0.2) is 53.5 Å². The molecule has 1 heterocycles. The van der Waals surface area contributed by atoms with Crippen molar-refractivity contribution in [1.29, 1.82) is 0 Å². The number of aliphatic imine (C=N–C) groups is 1. The normalized spacial score (nSPS) is 18.2. The molecule has 1 N–H and O–H groups in total. The molecular formula is C20H20ClN3O3S. The summed E-state index contributed by atoms with van der Waals surface area (Å²) < 4.78 is 5.45. The molecular weight excluding hydrogens is 398 g/mol. The molecule has 2 aromatic rings. The van der Waals surface area contributed by atoms with Crippen LogP contribution >= 0.6 is 23.4 Å². The van der Waals surface area contributed by atoms with Crippen LogP contribution in [0.25, 0.3) is 0 Å². The molecule has 0 spiro atoms. The molecule has 3 rings (SSSR count). The number of amides is 2. The number of hydrogen-bond donors (Lipinski definition) is 1. The summed E-state index contributed by atoms with van der Waals surface area (Å²) in [7, 11) is 1.66. The molecule has 0 aliphatic carbocycles. The van der Waals surface area contributed by atoms with E-state index in [1.807, 2.05) is 13.0 Å². The Morgan fingerprint density at radius 2 is 2.07 bits per heavy atom. The van der Waals surface area contributed by atoms with Crippen LogP contribution < -0.4 is 10.1 Å². The zero-order chi connectivity index (χ0) is 20.1. The maximum absolute atomic E-state index is 12.7. The molecule has 2 amide bonds. The fraction of sp³-hybridized carbons (Fsp3) is 0.250. The van der Waals surface area contributed by atoms with E-state index in [9.17, 15) is 9.59 Å². The van der Waals surface area contributed by atoms with Crippen LogP contribution in [-0.4, -0.2) is 40.8 Å². The fourth-order valence-electron chi connectivity index (χ4n) is 2.58. The Balaban J connectivity index is 1.74. The van der Waals surface area contributed by atoms with Gasteiger partial charge in [0, 0.05) is 30.2 Å². The zero-order valence-electron chi connectivity index (χ0n) is 15.5. The smallest absolute Gasteiger partial charge is 0.238 e. The summed E-state index contributed by atoms with van der Waals surface area (Å²) in [6, 6.07) is 14.1. The second-order valence-corrected chi connectivity index (χ2v) is 7.69. The molecule has 146 valence electrons. The van der Waals surface area contributed by atoms with Gasteiger partial charge >= 0.3 is 0 Å². The number of rotatable bonds is 5. The van der Waals surface area contributed by atoms with Crippen molar-refractivity contribution in [1.82, 2.24) is 4.90 Å². The molecule has 1 aliphatic heterocycles. The van der Waals surface area contributed by atoms with E-state index in [2.05, 4.69) is 10.3 Å². The van der Waals surface area contributed by atoms with Gasteiger partial charge in [0.1, 0.15) is 11.0 Å². The van der Waals surface area contributed by atoms with Gasteiger partial charge in [0.15, 0.2) is 5.17 Å². The number of halogens is 1. The molecule has 1 saturated heterocycles. The van der Waals surface area contributed by atoms with E-state index < -0.39 is 5.25 Å². The highest BCUT2D eigenvalue weighted by Gasteiger charge is 2.34. The summed E-state index contributed by atoms with van der Waals surface area (Å²) in [5.74, 6) is 0.274. The number of carbonyl (C=O) groups is 2. The van der Waals surface area contributed by atoms with Gasteiger partial charge in [-0.25, -0.2) is 4.99 Å². The molecule has 0 aromatic heterocycles. The minimum atomic E-state index is -0.564. The van der Waals surface area contributed by atoms with Crippen molar-refractivity contribution >= 4 is 51.7 Å². The summed E-state index contributed by atoms with van der Waals surface area (Å²) in [5.41, 5.74) is 1.29. The van der Waals surface area contributed by atoms with Gasteiger partial charge in [-0.2, -0.15) is 0 Å². The number of nitrogens with zero attached hydrogens (tertiary/aromatic N) is 2. The molecule has 1 atom stereocenters. The van der Waals surface area contributed by atoms with E-state index in [0.29, 0.717) is 33.9 Å². The standard InChI is InChI=1S/C20H20ClN3O3S/c1-3-27-16-6-4-5-15(11-16)22-19(26)17-12-18(25)24(2)20(28-17)23-14-9-7-13(21)8-10-14/h4-11,17H,3,12H2,1-2H3,(H,22,26)/t17-/m1/s1. The van der Waals surface area contributed by atoms with Gasteiger partial charge in [-0.05, 0) is 43.3 Å². The van der Waals surface area contributed by atoms with E-state index in [4.69, 9.17) is 16.3 Å². The van der Waals surface area contributed by atoms with Crippen molar-refractivity contribution in [2.45, 2.75) is 18.6 Å². The van der Waals surface area contributed by atoms with Gasteiger partial charge in [-0.15, -0.1) is 0 Å². The zero-order valence-corrected chi connectivity index (χ0v) is 17.1. The van der Waals surface area contributed by atoms with E-state index in [1.165, 1.54) is 16.7 Å². The third kappa shape index (κ3) is 5.05. The van der Waals surface area contributed by atoms with Gasteiger partial charge in [0.05, 0.1) is 12.3 Å². The molecule has 28 heavy (non-hydrogen) atoms. The van der Waals surface area contributed by atoms with Gasteiger partial charge in [-0.3, -0.25) is 14.5 Å². The monoisotopic (exact) mass is 417 g/mol. The van der Waals surface area contributed by atoms with E-state index in [-0.39, 0.29) is 18.2 Å². The summed E-state index contributed by atoms with van der Waals surface area (Å²) >= 11 is 7.16. The maximum Gasteiger partial charge on any atom is 0.238 e. The molecule has 0 unspecified atom stereocenters. The lowest BCUT2D eigenvalue weighted by molar-refractivity contribution is -0.128. The second kappa shape index (κ2) is 9.12. The fourth-order valence-corrected chi connectivity index (χ4v) is 3.77. The average Bonchev–Trinajstić information content (AvgIpc) is 2.67. The number of ether oxygens (including phenoxy) is 1. The molecule has 8 heteroatoms. The van der Waals surface area contributed by atoms with Crippen molar-refractivity contribution in [3.05, 3.63) is 53.6 Å². The van der Waals surface area contributed by atoms with Crippen LogP contribution in [0.5, 0.6) is 5.75 Å². The predicted octanol–water partition coefficient (Wildman–Crippen LogP) is 4.33. The Morgan fingerprint density at radius 3 is 2.79 bits per heavy atom. The van der Waals surface area contributed by atoms with E-state index in [1.54, 1.807) is 49.5 Å². The van der Waals surface area contributed by atoms with Gasteiger partial charge < -0.3 is 10.1 Å². The summed E-state index contributed by atoms with van der Waals surface area (Å²) in [6.07, 6.45) is 0.109. The van der Waals surface area contributed by atoms with Crippen LogP contribution in [0.1, 0.15) is 13.3 Å². The largest absolute Gasteiger partial charge is 0.494 e. The first-order chi connectivity index (χ1) is 13.5. The third-order valence-corrected chi connectivity index (χ3v) is 5.52. The molecule has 2 aromatic carbocycles. The third-order valence-electron chi connectivity index (χ3n) is 4.03. The van der Waals surface area contributed by atoms with E-state index >= 15 is 0 Å². The Labute approximate surface area is 172 Å². The van der Waals surface area contributed by atoms with Gasteiger partial charge in [-0.1, -0.05) is 29.4 Å². The molecule has 0 radical (unpaired) electrons. The number of carbonyl (C=O) groups excluding carboxylic acids is 2. The average molecular weight is 418 g/mol. The van der Waals surface area contributed by atoms with Crippen molar-refractivity contribution in [3.63, 3.8) is 0 Å². The number of benzene rings is 2. The summed E-state index contributed by atoms with van der Waals surface area (Å²) in [6.45, 7) is 2.44. The number of hydrogen-bond acceptors (Lipinski definition) is 5. The van der Waals surface area contributed by atoms with Crippen molar-refractivity contribution < 1.29 is 14.3 Å². The first-order valence-corrected chi connectivity index (χ1v) is 10.0. The molecule has 1 fully saturated rings. The van der Waals surface area contributed by atoms with Gasteiger partial charge in [0.2, 0.25) is 11.8 Å². The molecule has 0 saturated carbocycles. The van der Waals surface area contributed by atoms with Crippen LogP contribution in [0.4, 0.5) is 11.4 Å². The minimum Gasteiger partial charge on any atom is -0.494 e. The summed E-state index contributed by atoms with van der Waals surface area (Å²) in [5, 5.41) is 3.37. The Bertz CT molecular complexity index is 902. The van der Waals surface area contributed by atoms with Gasteiger partial charge in [0.25, 0.3) is 0 Å². The Hall–Kier alpha value is -2.51. The lowest BCUT2D eigenvalue weighted by atomic mass is 10.2. The van der Waals surface area contributed by atoms with Crippen molar-refractivity contribution in [2.75, 3.05) is 19.0 Å². The highest BCUT2D eigenvalue weighted by atomic mass is 35.5. The van der Waals surface area contributed by atoms with Crippen LogP contribution in [-0.2, 0) is 9.59 Å². The number of amidine groups is 1. The van der Waals surface area contributed by atoms with Crippen LogP contribution in [0.2, 0.25) is 5.02 Å². The highest BCUT2D eigenvalue weighted by molar-refractivity contribution is 8.15. The SMILES string of the molecule is CCOc1cccc(NC(=O)[C@H]2CC(=O)N(C)C(=Nc3ccc(Cl)cc3)S2)c1. The minimum absolute atomic E-state index is 0.109.